The Morgan fingerprint density at radius 2 is 1.71 bits per heavy atom. The molecule has 0 unspecified atom stereocenters. The van der Waals surface area contributed by atoms with E-state index in [2.05, 4.69) is 20.9 Å². The number of rotatable bonds is 4. The van der Waals surface area contributed by atoms with Crippen LogP contribution >= 0.6 is 0 Å². The van der Waals surface area contributed by atoms with Crippen molar-refractivity contribution in [3.63, 3.8) is 0 Å². The van der Waals surface area contributed by atoms with Crippen LogP contribution in [0.25, 0.3) is 22.3 Å². The molecule has 0 atom stereocenters. The topological polar surface area (TPSA) is 54.4 Å². The molecule has 0 spiro atoms. The van der Waals surface area contributed by atoms with Crippen LogP contribution in [0.5, 0.6) is 5.75 Å². The molecule has 2 aromatic carbocycles. The maximum atomic E-state index is 14.1. The highest BCUT2D eigenvalue weighted by atomic mass is 19.1. The highest BCUT2D eigenvalue weighted by Gasteiger charge is 2.22. The molecule has 0 amide bonds. The number of halogens is 1. The molecule has 31 heavy (non-hydrogen) atoms. The molecule has 0 aliphatic carbocycles. The lowest BCUT2D eigenvalue weighted by atomic mass is 10.1. The fraction of sp³-hybridized carbons (Fsp3) is 0.208. The third kappa shape index (κ3) is 3.74. The van der Waals surface area contributed by atoms with Gasteiger partial charge in [-0.3, -0.25) is 4.98 Å². The number of ether oxygens (including phenoxy) is 1. The van der Waals surface area contributed by atoms with Crippen LogP contribution in [0, 0.1) is 5.82 Å². The zero-order chi connectivity index (χ0) is 21.2. The van der Waals surface area contributed by atoms with Crippen LogP contribution in [0.2, 0.25) is 0 Å². The summed E-state index contributed by atoms with van der Waals surface area (Å²) in [5, 5.41) is 1.03. The standard InChI is InChI=1S/C24H22FN5O/c1-31-22-9-8-18(15-20(22)25)29-11-13-30(14-12-29)24-19-6-2-3-7-21(19)27-23(28-24)17-5-4-10-26-16-17/h2-10,15-16H,11-14H2,1H3. The lowest BCUT2D eigenvalue weighted by Gasteiger charge is -2.37. The van der Waals surface area contributed by atoms with Crippen molar-refractivity contribution in [3.05, 3.63) is 72.8 Å². The molecule has 1 saturated heterocycles. The summed E-state index contributed by atoms with van der Waals surface area (Å²) in [5.74, 6) is 1.51. The van der Waals surface area contributed by atoms with Gasteiger partial charge in [-0.05, 0) is 36.4 Å². The Morgan fingerprint density at radius 1 is 0.903 bits per heavy atom. The summed E-state index contributed by atoms with van der Waals surface area (Å²) in [7, 11) is 1.47. The van der Waals surface area contributed by atoms with E-state index in [0.29, 0.717) is 5.82 Å². The van der Waals surface area contributed by atoms with Crippen LogP contribution in [-0.4, -0.2) is 48.2 Å². The van der Waals surface area contributed by atoms with Gasteiger partial charge in [0.15, 0.2) is 17.4 Å². The predicted octanol–water partition coefficient (Wildman–Crippen LogP) is 4.17. The number of hydrogen-bond acceptors (Lipinski definition) is 6. The summed E-state index contributed by atoms with van der Waals surface area (Å²) in [6, 6.07) is 17.0. The van der Waals surface area contributed by atoms with Crippen LogP contribution in [0.4, 0.5) is 15.9 Å². The number of benzene rings is 2. The quantitative estimate of drug-likeness (QED) is 0.499. The van der Waals surface area contributed by atoms with E-state index in [0.717, 1.165) is 54.2 Å². The zero-order valence-corrected chi connectivity index (χ0v) is 17.2. The van der Waals surface area contributed by atoms with Gasteiger partial charge in [-0.15, -0.1) is 0 Å². The van der Waals surface area contributed by atoms with E-state index in [9.17, 15) is 4.39 Å². The van der Waals surface area contributed by atoms with Crippen LogP contribution in [0.1, 0.15) is 0 Å². The first kappa shape index (κ1) is 19.2. The fourth-order valence-corrected chi connectivity index (χ4v) is 3.95. The first-order chi connectivity index (χ1) is 15.2. The molecule has 6 nitrogen and oxygen atoms in total. The number of methoxy groups -OCH3 is 1. The number of hydrogen-bond donors (Lipinski definition) is 0. The lowest BCUT2D eigenvalue weighted by molar-refractivity contribution is 0.386. The van der Waals surface area contributed by atoms with Gasteiger partial charge in [-0.25, -0.2) is 14.4 Å². The van der Waals surface area contributed by atoms with Crippen molar-refractivity contribution in [2.45, 2.75) is 0 Å². The zero-order valence-electron chi connectivity index (χ0n) is 17.2. The average molecular weight is 415 g/mol. The number of anilines is 2. The number of aromatic nitrogens is 3. The van der Waals surface area contributed by atoms with E-state index in [1.54, 1.807) is 18.5 Å². The van der Waals surface area contributed by atoms with Gasteiger partial charge in [-0.1, -0.05) is 12.1 Å². The molecule has 0 N–H and O–H groups in total. The molecule has 156 valence electrons. The van der Waals surface area contributed by atoms with Gasteiger partial charge in [0, 0.05) is 61.3 Å². The minimum absolute atomic E-state index is 0.262. The molecular formula is C24H22FN5O. The first-order valence-electron chi connectivity index (χ1n) is 10.2. The molecule has 4 aromatic rings. The van der Waals surface area contributed by atoms with Gasteiger partial charge in [0.1, 0.15) is 5.82 Å². The molecule has 3 heterocycles. The summed E-state index contributed by atoms with van der Waals surface area (Å²) >= 11 is 0. The van der Waals surface area contributed by atoms with Crippen molar-refractivity contribution in [2.24, 2.45) is 0 Å². The maximum absolute atomic E-state index is 14.1. The number of pyridine rings is 1. The molecule has 1 aliphatic rings. The maximum Gasteiger partial charge on any atom is 0.167 e. The van der Waals surface area contributed by atoms with Crippen molar-refractivity contribution in [1.82, 2.24) is 15.0 Å². The van der Waals surface area contributed by atoms with E-state index >= 15 is 0 Å². The summed E-state index contributed by atoms with van der Waals surface area (Å²) in [6.45, 7) is 3.10. The highest BCUT2D eigenvalue weighted by Crippen LogP contribution is 2.29. The minimum Gasteiger partial charge on any atom is -0.494 e. The normalized spacial score (nSPS) is 14.1. The Morgan fingerprint density at radius 3 is 2.45 bits per heavy atom. The van der Waals surface area contributed by atoms with Gasteiger partial charge >= 0.3 is 0 Å². The van der Waals surface area contributed by atoms with Crippen LogP contribution in [-0.2, 0) is 0 Å². The van der Waals surface area contributed by atoms with Crippen molar-refractivity contribution in [2.75, 3.05) is 43.1 Å². The molecule has 0 saturated carbocycles. The van der Waals surface area contributed by atoms with Gasteiger partial charge in [0.2, 0.25) is 0 Å². The molecule has 5 rings (SSSR count). The summed E-state index contributed by atoms with van der Waals surface area (Å²) in [4.78, 5) is 18.3. The molecule has 1 aliphatic heterocycles. The summed E-state index contributed by atoms with van der Waals surface area (Å²) in [6.07, 6.45) is 3.52. The van der Waals surface area contributed by atoms with Gasteiger partial charge < -0.3 is 14.5 Å². The number of fused-ring (bicyclic) bond motifs is 1. The molecule has 1 fully saturated rings. The Balaban J connectivity index is 1.43. The second-order valence-corrected chi connectivity index (χ2v) is 7.42. The average Bonchev–Trinajstić information content (AvgIpc) is 2.84. The summed E-state index contributed by atoms with van der Waals surface area (Å²) in [5.41, 5.74) is 2.66. The lowest BCUT2D eigenvalue weighted by Crippen LogP contribution is -2.47. The molecule has 0 radical (unpaired) electrons. The van der Waals surface area contributed by atoms with Gasteiger partial charge in [0.05, 0.1) is 12.6 Å². The van der Waals surface area contributed by atoms with Gasteiger partial charge in [-0.2, -0.15) is 0 Å². The van der Waals surface area contributed by atoms with Crippen LogP contribution in [0.15, 0.2) is 67.0 Å². The van der Waals surface area contributed by atoms with Crippen molar-refractivity contribution in [1.29, 1.82) is 0 Å². The first-order valence-corrected chi connectivity index (χ1v) is 10.2. The van der Waals surface area contributed by atoms with Crippen LogP contribution < -0.4 is 14.5 Å². The molecule has 7 heteroatoms. The molecular weight excluding hydrogens is 393 g/mol. The molecule has 0 bridgehead atoms. The van der Waals surface area contributed by atoms with Crippen molar-refractivity contribution in [3.8, 4) is 17.1 Å². The van der Waals surface area contributed by atoms with E-state index in [-0.39, 0.29) is 11.6 Å². The van der Waals surface area contributed by atoms with E-state index in [1.165, 1.54) is 13.2 Å². The number of piperazine rings is 1. The number of para-hydroxylation sites is 1. The Hall–Kier alpha value is -3.74. The SMILES string of the molecule is COc1ccc(N2CCN(c3nc(-c4cccnc4)nc4ccccc34)CC2)cc1F. The Bertz CT molecular complexity index is 1210. The monoisotopic (exact) mass is 415 g/mol. The van der Waals surface area contributed by atoms with E-state index in [1.807, 2.05) is 36.4 Å². The minimum atomic E-state index is -0.342. The third-order valence-corrected chi connectivity index (χ3v) is 5.58. The largest absolute Gasteiger partial charge is 0.494 e. The Kier molecular flexibility index (Phi) is 5.08. The number of nitrogens with zero attached hydrogens (tertiary/aromatic N) is 5. The second-order valence-electron chi connectivity index (χ2n) is 7.42. The van der Waals surface area contributed by atoms with Crippen molar-refractivity contribution >= 4 is 22.4 Å². The third-order valence-electron chi connectivity index (χ3n) is 5.58. The summed E-state index contributed by atoms with van der Waals surface area (Å²) < 4.78 is 19.2. The Labute approximate surface area is 180 Å². The van der Waals surface area contributed by atoms with E-state index in [4.69, 9.17) is 14.7 Å². The van der Waals surface area contributed by atoms with Gasteiger partial charge in [0.25, 0.3) is 0 Å². The van der Waals surface area contributed by atoms with Crippen molar-refractivity contribution < 1.29 is 9.13 Å². The van der Waals surface area contributed by atoms with E-state index < -0.39 is 0 Å². The second kappa shape index (κ2) is 8.18. The predicted molar refractivity (Wildman–Crippen MR) is 120 cm³/mol. The van der Waals surface area contributed by atoms with Crippen LogP contribution in [0.3, 0.4) is 0 Å². The molecule has 2 aromatic heterocycles. The highest BCUT2D eigenvalue weighted by molar-refractivity contribution is 5.91. The fourth-order valence-electron chi connectivity index (χ4n) is 3.95. The smallest absolute Gasteiger partial charge is 0.167 e.